The molecule has 2 heteroatoms. The average Bonchev–Trinajstić information content (AvgIpc) is 3.24. The molecule has 0 aliphatic rings. The Labute approximate surface area is 156 Å². The van der Waals surface area contributed by atoms with Crippen molar-refractivity contribution < 1.29 is 0 Å². The number of para-hydroxylation sites is 2. The molecule has 0 aliphatic heterocycles. The molecule has 4 aromatic carbocycles. The molecule has 0 radical (unpaired) electrons. The van der Waals surface area contributed by atoms with Crippen LogP contribution in [0.1, 0.15) is 0 Å². The fourth-order valence-corrected chi connectivity index (χ4v) is 4.56. The second-order valence-electron chi connectivity index (χ2n) is 7.17. The van der Waals surface area contributed by atoms with Crippen LogP contribution in [0.15, 0.2) is 84.9 Å². The van der Waals surface area contributed by atoms with E-state index in [1.807, 2.05) is 0 Å². The van der Waals surface area contributed by atoms with E-state index in [0.717, 1.165) is 0 Å². The lowest BCUT2D eigenvalue weighted by Crippen LogP contribution is -1.86. The quantitative estimate of drug-likeness (QED) is 0.345. The predicted octanol–water partition coefficient (Wildman–Crippen LogP) is 6.63. The van der Waals surface area contributed by atoms with Crippen LogP contribution in [0.25, 0.3) is 54.7 Å². The first-order valence-electron chi connectivity index (χ1n) is 9.29. The summed E-state index contributed by atoms with van der Waals surface area (Å²) in [6.07, 6.45) is 0. The fraction of sp³-hybridized carbons (Fsp3) is 0.0400. The Morgan fingerprint density at radius 3 is 2.07 bits per heavy atom. The monoisotopic (exact) mass is 346 g/mol. The van der Waals surface area contributed by atoms with E-state index >= 15 is 0 Å². The van der Waals surface area contributed by atoms with Crippen LogP contribution < -0.4 is 0 Å². The lowest BCUT2D eigenvalue weighted by atomic mass is 9.95. The highest BCUT2D eigenvalue weighted by atomic mass is 14.9. The Bertz CT molecular complexity index is 1480. The van der Waals surface area contributed by atoms with Crippen LogP contribution in [0.2, 0.25) is 0 Å². The number of hydrogen-bond acceptors (Lipinski definition) is 0. The topological polar surface area (TPSA) is 20.7 Å². The molecule has 6 aromatic rings. The Hall–Kier alpha value is -3.52. The van der Waals surface area contributed by atoms with Gasteiger partial charge in [-0.05, 0) is 35.4 Å². The van der Waals surface area contributed by atoms with Gasteiger partial charge in [-0.1, -0.05) is 60.7 Å². The maximum atomic E-state index is 3.57. The molecule has 0 aliphatic carbocycles. The van der Waals surface area contributed by atoms with Gasteiger partial charge in [0, 0.05) is 50.7 Å². The van der Waals surface area contributed by atoms with Crippen molar-refractivity contribution in [3.05, 3.63) is 84.9 Å². The number of benzene rings is 4. The number of nitrogens with zero attached hydrogens (tertiary/aromatic N) is 1. The molecular formula is C25H18N2. The minimum absolute atomic E-state index is 1.19. The smallest absolute Gasteiger partial charge is 0.0495 e. The second kappa shape index (κ2) is 5.24. The van der Waals surface area contributed by atoms with Crippen LogP contribution in [0.3, 0.4) is 0 Å². The highest BCUT2D eigenvalue weighted by Gasteiger charge is 2.16. The molecule has 2 heterocycles. The van der Waals surface area contributed by atoms with Crippen molar-refractivity contribution >= 4 is 43.6 Å². The van der Waals surface area contributed by atoms with E-state index in [1.54, 1.807) is 0 Å². The van der Waals surface area contributed by atoms with Crippen molar-refractivity contribution in [2.75, 3.05) is 0 Å². The van der Waals surface area contributed by atoms with Crippen LogP contribution in [0, 0.1) is 0 Å². The molecule has 1 N–H and O–H groups in total. The molecule has 0 atom stereocenters. The summed E-state index contributed by atoms with van der Waals surface area (Å²) in [7, 11) is 2.15. The molecule has 128 valence electrons. The van der Waals surface area contributed by atoms with Crippen molar-refractivity contribution in [1.82, 2.24) is 9.55 Å². The third-order valence-electron chi connectivity index (χ3n) is 5.76. The number of hydrogen-bond donors (Lipinski definition) is 1. The summed E-state index contributed by atoms with van der Waals surface area (Å²) >= 11 is 0. The first-order valence-corrected chi connectivity index (χ1v) is 9.29. The lowest BCUT2D eigenvalue weighted by Gasteiger charge is -2.08. The van der Waals surface area contributed by atoms with Gasteiger partial charge in [0.25, 0.3) is 0 Å². The summed E-state index contributed by atoms with van der Waals surface area (Å²) in [5.41, 5.74) is 7.49. The Balaban J connectivity index is 1.83. The Kier molecular flexibility index (Phi) is 2.84. The van der Waals surface area contributed by atoms with E-state index in [2.05, 4.69) is 102 Å². The second-order valence-corrected chi connectivity index (χ2v) is 7.17. The maximum Gasteiger partial charge on any atom is 0.0495 e. The van der Waals surface area contributed by atoms with Gasteiger partial charge in [0.1, 0.15) is 0 Å². The molecular weight excluding hydrogens is 328 g/mol. The third kappa shape index (κ3) is 1.90. The zero-order valence-corrected chi connectivity index (χ0v) is 15.0. The average molecular weight is 346 g/mol. The van der Waals surface area contributed by atoms with Gasteiger partial charge in [-0.15, -0.1) is 0 Å². The van der Waals surface area contributed by atoms with Crippen molar-refractivity contribution in [2.45, 2.75) is 0 Å². The summed E-state index contributed by atoms with van der Waals surface area (Å²) in [4.78, 5) is 3.57. The number of H-pyrrole nitrogens is 1. The third-order valence-corrected chi connectivity index (χ3v) is 5.76. The van der Waals surface area contributed by atoms with Gasteiger partial charge in [-0.2, -0.15) is 0 Å². The first-order chi connectivity index (χ1) is 13.3. The summed E-state index contributed by atoms with van der Waals surface area (Å²) in [6.45, 7) is 0. The van der Waals surface area contributed by atoms with Crippen molar-refractivity contribution in [1.29, 1.82) is 0 Å². The zero-order valence-electron chi connectivity index (χ0n) is 15.0. The summed E-state index contributed by atoms with van der Waals surface area (Å²) in [5.74, 6) is 0. The minimum Gasteiger partial charge on any atom is -0.354 e. The molecule has 2 nitrogen and oxygen atoms in total. The molecule has 0 amide bonds. The van der Waals surface area contributed by atoms with Crippen LogP contribution in [0.5, 0.6) is 0 Å². The van der Waals surface area contributed by atoms with Gasteiger partial charge in [-0.3, -0.25) is 0 Å². The van der Waals surface area contributed by atoms with Crippen LogP contribution in [0.4, 0.5) is 0 Å². The largest absolute Gasteiger partial charge is 0.354 e. The number of rotatable bonds is 1. The molecule has 0 spiro atoms. The molecule has 27 heavy (non-hydrogen) atoms. The van der Waals surface area contributed by atoms with E-state index < -0.39 is 0 Å². The number of aromatic amines is 1. The summed E-state index contributed by atoms with van der Waals surface area (Å²) in [5, 5.41) is 5.21. The van der Waals surface area contributed by atoms with Crippen LogP contribution in [-0.4, -0.2) is 9.55 Å². The number of aromatic nitrogens is 2. The van der Waals surface area contributed by atoms with Gasteiger partial charge in [0.15, 0.2) is 0 Å². The van der Waals surface area contributed by atoms with Crippen LogP contribution in [-0.2, 0) is 7.05 Å². The van der Waals surface area contributed by atoms with Gasteiger partial charge in [0.05, 0.1) is 0 Å². The number of nitrogens with one attached hydrogen (secondary N) is 1. The van der Waals surface area contributed by atoms with Crippen molar-refractivity contribution in [3.63, 3.8) is 0 Å². The molecule has 2 aromatic heterocycles. The van der Waals surface area contributed by atoms with Gasteiger partial charge >= 0.3 is 0 Å². The lowest BCUT2D eigenvalue weighted by molar-refractivity contribution is 1.01. The van der Waals surface area contributed by atoms with E-state index in [0.29, 0.717) is 0 Å². The minimum atomic E-state index is 1.19. The SMILES string of the molecule is Cn1c2ccccc2c2c(-c3cccc4[nH]c5ccccc5c34)cccc21. The maximum absolute atomic E-state index is 3.57. The summed E-state index contributed by atoms with van der Waals surface area (Å²) in [6, 6.07) is 30.4. The highest BCUT2D eigenvalue weighted by Crippen LogP contribution is 2.40. The molecule has 0 unspecified atom stereocenters. The van der Waals surface area contributed by atoms with E-state index in [4.69, 9.17) is 0 Å². The molecule has 6 rings (SSSR count). The first kappa shape index (κ1) is 14.6. The Morgan fingerprint density at radius 1 is 0.556 bits per heavy atom. The standard InChI is InChI=1S/C25H18N2/c1-27-22-14-5-3-9-19(22)25-17(11-7-15-23(25)27)16-10-6-13-21-24(16)18-8-2-4-12-20(18)26-21/h2-15,26H,1H3. The van der Waals surface area contributed by atoms with E-state index in [9.17, 15) is 0 Å². The van der Waals surface area contributed by atoms with E-state index in [-0.39, 0.29) is 0 Å². The van der Waals surface area contributed by atoms with E-state index in [1.165, 1.54) is 54.7 Å². The van der Waals surface area contributed by atoms with Gasteiger partial charge in [-0.25, -0.2) is 0 Å². The fourth-order valence-electron chi connectivity index (χ4n) is 4.56. The zero-order chi connectivity index (χ0) is 18.0. The van der Waals surface area contributed by atoms with Gasteiger partial charge < -0.3 is 9.55 Å². The van der Waals surface area contributed by atoms with Crippen molar-refractivity contribution in [2.24, 2.45) is 7.05 Å². The Morgan fingerprint density at radius 2 is 1.19 bits per heavy atom. The normalized spacial score (nSPS) is 11.9. The van der Waals surface area contributed by atoms with Crippen LogP contribution >= 0.6 is 0 Å². The predicted molar refractivity (Wildman–Crippen MR) is 115 cm³/mol. The number of aryl methyl sites for hydroxylation is 1. The molecule has 0 bridgehead atoms. The summed E-state index contributed by atoms with van der Waals surface area (Å²) < 4.78 is 2.30. The molecule has 0 saturated carbocycles. The highest BCUT2D eigenvalue weighted by molar-refractivity contribution is 6.21. The van der Waals surface area contributed by atoms with Gasteiger partial charge in [0.2, 0.25) is 0 Å². The molecule has 0 saturated heterocycles. The van der Waals surface area contributed by atoms with Crippen molar-refractivity contribution in [3.8, 4) is 11.1 Å². The molecule has 0 fully saturated rings. The number of fused-ring (bicyclic) bond motifs is 6.